The minimum Gasteiger partial charge on any atom is -0.352 e. The van der Waals surface area contributed by atoms with Crippen LogP contribution in [0.5, 0.6) is 0 Å². The van der Waals surface area contributed by atoms with Crippen molar-refractivity contribution in [1.82, 2.24) is 14.2 Å². The molecule has 1 N–H and O–H groups in total. The van der Waals surface area contributed by atoms with Crippen LogP contribution in [0.25, 0.3) is 6.08 Å². The lowest BCUT2D eigenvalue weighted by molar-refractivity contribution is -0.0201. The van der Waals surface area contributed by atoms with Gasteiger partial charge in [-0.2, -0.15) is 5.26 Å². The lowest BCUT2D eigenvalue weighted by Crippen LogP contribution is -2.35. The van der Waals surface area contributed by atoms with Crippen LogP contribution in [0.3, 0.4) is 0 Å². The van der Waals surface area contributed by atoms with Crippen molar-refractivity contribution in [2.24, 2.45) is 0 Å². The summed E-state index contributed by atoms with van der Waals surface area (Å²) in [6.45, 7) is 12.8. The standard InChI is InChI=1S/C26H43N4O5P/c1-7-9-10-11-12-14-21-18-29(26(32)28-25(21)31)24-17-23(22(8-2)34-24)35-36(33-16-13-15-27)30(19(3)4)20(5)6/h12,14,18-20,22-24H,7-11,13,16-17H2,1-6H3,(H,28,31,32)/b14-12+/t22-,23-,24-,36?/m1/s1. The summed E-state index contributed by atoms with van der Waals surface area (Å²) in [5, 5.41) is 8.96. The highest BCUT2D eigenvalue weighted by atomic mass is 31.2. The third kappa shape index (κ3) is 8.64. The number of aromatic nitrogens is 2. The van der Waals surface area contributed by atoms with Gasteiger partial charge < -0.3 is 13.8 Å². The summed E-state index contributed by atoms with van der Waals surface area (Å²) in [6.07, 6.45) is 9.93. The Kier molecular flexibility index (Phi) is 13.0. The van der Waals surface area contributed by atoms with E-state index in [9.17, 15) is 9.59 Å². The van der Waals surface area contributed by atoms with Crippen molar-refractivity contribution in [2.75, 3.05) is 6.61 Å². The highest BCUT2D eigenvalue weighted by molar-refractivity contribution is 7.44. The molecule has 4 atom stereocenters. The van der Waals surface area contributed by atoms with E-state index in [1.54, 1.807) is 12.3 Å². The Balaban J connectivity index is 2.24. The van der Waals surface area contributed by atoms with Crippen LogP contribution in [0.4, 0.5) is 0 Å². The molecule has 36 heavy (non-hydrogen) atoms. The van der Waals surface area contributed by atoms with Gasteiger partial charge in [-0.1, -0.05) is 38.8 Å². The number of ether oxygens (including phenoxy) is 1. The van der Waals surface area contributed by atoms with Crippen LogP contribution in [-0.2, 0) is 13.8 Å². The van der Waals surface area contributed by atoms with E-state index < -0.39 is 26.0 Å². The van der Waals surface area contributed by atoms with Gasteiger partial charge in [-0.25, -0.2) is 9.46 Å². The smallest absolute Gasteiger partial charge is 0.330 e. The molecule has 2 rings (SSSR count). The molecule has 202 valence electrons. The molecule has 0 amide bonds. The van der Waals surface area contributed by atoms with Crippen molar-refractivity contribution >= 4 is 14.6 Å². The average Bonchev–Trinajstić information content (AvgIpc) is 3.22. The molecule has 0 saturated carbocycles. The first-order valence-electron chi connectivity index (χ1n) is 13.2. The number of allylic oxidation sites excluding steroid dienone is 1. The number of unbranched alkanes of at least 4 members (excludes halogenated alkanes) is 3. The second-order valence-electron chi connectivity index (χ2n) is 9.61. The van der Waals surface area contributed by atoms with Gasteiger partial charge in [0.05, 0.1) is 36.9 Å². The van der Waals surface area contributed by atoms with Crippen molar-refractivity contribution in [2.45, 2.75) is 117 Å². The van der Waals surface area contributed by atoms with Crippen LogP contribution in [-0.4, -0.2) is 45.1 Å². The Morgan fingerprint density at radius 2 is 2.00 bits per heavy atom. The Morgan fingerprint density at radius 1 is 1.28 bits per heavy atom. The number of nitrogens with zero attached hydrogens (tertiary/aromatic N) is 3. The van der Waals surface area contributed by atoms with E-state index in [0.717, 1.165) is 25.7 Å². The number of nitriles is 1. The highest BCUT2D eigenvalue weighted by Crippen LogP contribution is 2.50. The van der Waals surface area contributed by atoms with Crippen LogP contribution in [0, 0.1) is 11.3 Å². The van der Waals surface area contributed by atoms with Crippen molar-refractivity contribution in [3.05, 3.63) is 38.7 Å². The monoisotopic (exact) mass is 522 g/mol. The van der Waals surface area contributed by atoms with Crippen molar-refractivity contribution in [3.8, 4) is 6.07 Å². The Morgan fingerprint density at radius 3 is 2.61 bits per heavy atom. The molecule has 1 saturated heterocycles. The second kappa shape index (κ2) is 15.4. The Hall–Kier alpha value is -1.82. The molecule has 1 aromatic rings. The number of hydrogen-bond acceptors (Lipinski definition) is 7. The summed E-state index contributed by atoms with van der Waals surface area (Å²) in [4.78, 5) is 27.5. The van der Waals surface area contributed by atoms with Crippen LogP contribution < -0.4 is 11.2 Å². The summed E-state index contributed by atoms with van der Waals surface area (Å²) >= 11 is 0. The lowest BCUT2D eigenvalue weighted by atomic mass is 10.1. The molecule has 0 bridgehead atoms. The molecule has 1 fully saturated rings. The number of rotatable bonds is 15. The van der Waals surface area contributed by atoms with Crippen molar-refractivity contribution in [3.63, 3.8) is 0 Å². The first-order chi connectivity index (χ1) is 17.2. The van der Waals surface area contributed by atoms with E-state index >= 15 is 0 Å². The topological polar surface area (TPSA) is 110 Å². The molecule has 0 aliphatic carbocycles. The molecule has 1 aliphatic heterocycles. The third-order valence-corrected chi connectivity index (χ3v) is 8.20. The number of H-pyrrole nitrogens is 1. The minimum absolute atomic E-state index is 0.185. The predicted octanol–water partition coefficient (Wildman–Crippen LogP) is 5.49. The zero-order valence-electron chi connectivity index (χ0n) is 22.6. The molecule has 9 nitrogen and oxygen atoms in total. The largest absolute Gasteiger partial charge is 0.352 e. The molecular formula is C26H43N4O5P. The van der Waals surface area contributed by atoms with Gasteiger partial charge in [0, 0.05) is 24.7 Å². The van der Waals surface area contributed by atoms with E-state index in [1.165, 1.54) is 4.57 Å². The maximum absolute atomic E-state index is 12.7. The maximum atomic E-state index is 12.7. The molecule has 2 heterocycles. The van der Waals surface area contributed by atoms with Gasteiger partial charge in [0.2, 0.25) is 0 Å². The van der Waals surface area contributed by atoms with Gasteiger partial charge in [-0.3, -0.25) is 14.3 Å². The summed E-state index contributed by atoms with van der Waals surface area (Å²) in [5.74, 6) is 0. The SMILES string of the molecule is CCCCC/C=C/c1cn([C@H]2C[C@@H](OP(OCCC#N)N(C(C)C)C(C)C)[C@@H](CC)O2)c(=O)[nH]c1=O. The quantitative estimate of drug-likeness (QED) is 0.240. The second-order valence-corrected chi connectivity index (χ2v) is 11.0. The van der Waals surface area contributed by atoms with Crippen LogP contribution in [0.15, 0.2) is 21.9 Å². The summed E-state index contributed by atoms with van der Waals surface area (Å²) in [5.41, 5.74) is -0.470. The molecular weight excluding hydrogens is 479 g/mol. The van der Waals surface area contributed by atoms with Crippen LogP contribution >= 0.6 is 8.53 Å². The van der Waals surface area contributed by atoms with Crippen molar-refractivity contribution < 1.29 is 13.8 Å². The van der Waals surface area contributed by atoms with Gasteiger partial charge >= 0.3 is 5.69 Å². The van der Waals surface area contributed by atoms with Crippen LogP contribution in [0.1, 0.15) is 98.3 Å². The number of nitrogens with one attached hydrogen (secondary N) is 1. The highest BCUT2D eigenvalue weighted by Gasteiger charge is 2.40. The number of hydrogen-bond donors (Lipinski definition) is 1. The fourth-order valence-corrected chi connectivity index (χ4v) is 6.07. The van der Waals surface area contributed by atoms with E-state index in [4.69, 9.17) is 19.0 Å². The van der Waals surface area contributed by atoms with Gasteiger partial charge in [0.1, 0.15) is 6.23 Å². The number of aromatic amines is 1. The molecule has 0 spiro atoms. The molecule has 0 aromatic carbocycles. The van der Waals surface area contributed by atoms with Crippen LogP contribution in [0.2, 0.25) is 0 Å². The summed E-state index contributed by atoms with van der Waals surface area (Å²) in [7, 11) is -1.43. The summed E-state index contributed by atoms with van der Waals surface area (Å²) in [6, 6.07) is 2.49. The third-order valence-electron chi connectivity index (χ3n) is 6.05. The fraction of sp³-hybridized carbons (Fsp3) is 0.731. The lowest BCUT2D eigenvalue weighted by Gasteiger charge is -2.37. The first kappa shape index (κ1) is 30.4. The van der Waals surface area contributed by atoms with E-state index in [1.807, 2.05) is 13.0 Å². The molecule has 1 aliphatic rings. The van der Waals surface area contributed by atoms with Gasteiger partial charge in [-0.05, 0) is 47.0 Å². The zero-order chi connectivity index (χ0) is 26.7. The minimum atomic E-state index is -1.43. The Bertz CT molecular complexity index is 976. The first-order valence-corrected chi connectivity index (χ1v) is 14.3. The Labute approximate surface area is 216 Å². The van der Waals surface area contributed by atoms with E-state index in [0.29, 0.717) is 25.0 Å². The normalized spacial score (nSPS) is 21.2. The molecule has 1 unspecified atom stereocenters. The van der Waals surface area contributed by atoms with Gasteiger partial charge in [-0.15, -0.1) is 0 Å². The van der Waals surface area contributed by atoms with E-state index in [2.05, 4.69) is 50.3 Å². The van der Waals surface area contributed by atoms with Gasteiger partial charge in [0.25, 0.3) is 14.1 Å². The molecule has 0 radical (unpaired) electrons. The predicted molar refractivity (Wildman–Crippen MR) is 143 cm³/mol. The molecule has 1 aromatic heterocycles. The molecule has 10 heteroatoms. The van der Waals surface area contributed by atoms with E-state index in [-0.39, 0.29) is 30.7 Å². The maximum Gasteiger partial charge on any atom is 0.330 e. The summed E-state index contributed by atoms with van der Waals surface area (Å²) < 4.78 is 22.5. The van der Waals surface area contributed by atoms with Gasteiger partial charge in [0.15, 0.2) is 0 Å². The zero-order valence-corrected chi connectivity index (χ0v) is 23.5. The average molecular weight is 523 g/mol. The van der Waals surface area contributed by atoms with Crippen molar-refractivity contribution in [1.29, 1.82) is 5.26 Å². The fourth-order valence-electron chi connectivity index (χ4n) is 4.31.